The van der Waals surface area contributed by atoms with Crippen LogP contribution < -0.4 is 10.9 Å². The van der Waals surface area contributed by atoms with E-state index in [2.05, 4.69) is 37.5 Å². The van der Waals surface area contributed by atoms with E-state index in [9.17, 15) is 9.90 Å². The lowest BCUT2D eigenvalue weighted by molar-refractivity contribution is 0.0697. The summed E-state index contributed by atoms with van der Waals surface area (Å²) < 4.78 is 0. The SMILES string of the molecule is Bc1ccc(C2=C3CCCCCCC3C(c3ccc(C(=O)O)cc3)=NN2)cc1. The largest absolute Gasteiger partial charge is 0.478 e. The van der Waals surface area contributed by atoms with E-state index in [0.29, 0.717) is 5.56 Å². The second-order valence-electron chi connectivity index (χ2n) is 7.76. The molecular formula is C23H25BN2O2. The molecule has 2 aromatic carbocycles. The maximum absolute atomic E-state index is 11.2. The summed E-state index contributed by atoms with van der Waals surface area (Å²) in [6.07, 6.45) is 7.11. The molecule has 2 N–H and O–H groups in total. The number of carboxylic acid groups (broad SMARTS) is 1. The predicted molar refractivity (Wildman–Crippen MR) is 116 cm³/mol. The normalized spacial score (nSPS) is 19.7. The standard InChI is InChI=1S/C23H25BN2O2/c24-18-13-11-16(12-14-18)22-20-6-4-2-1-3-5-19(20)21(25-26-22)15-7-9-17(10-8-15)23(27)28/h7-14,19,26H,1-6,24H2,(H,27,28). The van der Waals surface area contributed by atoms with Crippen LogP contribution >= 0.6 is 0 Å². The first-order chi connectivity index (χ1) is 13.6. The minimum atomic E-state index is -0.900. The number of carboxylic acids is 1. The summed E-state index contributed by atoms with van der Waals surface area (Å²) in [7, 11) is 2.10. The van der Waals surface area contributed by atoms with E-state index in [1.807, 2.05) is 12.1 Å². The zero-order valence-electron chi connectivity index (χ0n) is 16.2. The van der Waals surface area contributed by atoms with Crippen LogP contribution in [0.3, 0.4) is 0 Å². The minimum absolute atomic E-state index is 0.286. The van der Waals surface area contributed by atoms with Gasteiger partial charge in [-0.3, -0.25) is 5.43 Å². The smallest absolute Gasteiger partial charge is 0.335 e. The van der Waals surface area contributed by atoms with Crippen LogP contribution in [0.15, 0.2) is 59.2 Å². The van der Waals surface area contributed by atoms with E-state index in [1.54, 1.807) is 12.1 Å². The van der Waals surface area contributed by atoms with Crippen molar-refractivity contribution in [2.24, 2.45) is 11.0 Å². The van der Waals surface area contributed by atoms with Gasteiger partial charge in [0.25, 0.3) is 0 Å². The van der Waals surface area contributed by atoms with E-state index in [4.69, 9.17) is 5.10 Å². The molecule has 0 bridgehead atoms. The van der Waals surface area contributed by atoms with Crippen LogP contribution in [0.1, 0.15) is 60.0 Å². The molecule has 5 heteroatoms. The van der Waals surface area contributed by atoms with Gasteiger partial charge < -0.3 is 5.11 Å². The summed E-state index contributed by atoms with van der Waals surface area (Å²) in [5.41, 5.74) is 10.7. The summed E-state index contributed by atoms with van der Waals surface area (Å²) >= 11 is 0. The second kappa shape index (κ2) is 8.05. The van der Waals surface area contributed by atoms with Crippen LogP contribution in [0.2, 0.25) is 0 Å². The molecule has 0 amide bonds. The number of rotatable bonds is 3. The average molecular weight is 372 g/mol. The Morgan fingerprint density at radius 3 is 2.36 bits per heavy atom. The molecule has 0 saturated heterocycles. The first-order valence-electron chi connectivity index (χ1n) is 10.1. The zero-order valence-corrected chi connectivity index (χ0v) is 16.2. The topological polar surface area (TPSA) is 61.7 Å². The first-order valence-corrected chi connectivity index (χ1v) is 10.1. The van der Waals surface area contributed by atoms with Gasteiger partial charge in [0.1, 0.15) is 7.85 Å². The van der Waals surface area contributed by atoms with Gasteiger partial charge in [-0.2, -0.15) is 5.10 Å². The minimum Gasteiger partial charge on any atom is -0.478 e. The molecular weight excluding hydrogens is 347 g/mol. The van der Waals surface area contributed by atoms with E-state index in [-0.39, 0.29) is 5.92 Å². The number of benzene rings is 2. The van der Waals surface area contributed by atoms with Crippen LogP contribution in [0.4, 0.5) is 0 Å². The van der Waals surface area contributed by atoms with Gasteiger partial charge in [-0.25, -0.2) is 4.79 Å². The molecule has 0 spiro atoms. The number of nitrogens with one attached hydrogen (secondary N) is 1. The van der Waals surface area contributed by atoms with Crippen molar-refractivity contribution < 1.29 is 9.90 Å². The quantitative estimate of drug-likeness (QED) is 0.813. The van der Waals surface area contributed by atoms with E-state index < -0.39 is 5.97 Å². The highest BCUT2D eigenvalue weighted by Crippen LogP contribution is 2.37. The lowest BCUT2D eigenvalue weighted by atomic mass is 9.78. The monoisotopic (exact) mass is 372 g/mol. The third-order valence-corrected chi connectivity index (χ3v) is 5.82. The molecule has 1 fully saturated rings. The summed E-state index contributed by atoms with van der Waals surface area (Å²) in [5, 5.41) is 13.9. The molecule has 0 aromatic heterocycles. The lowest BCUT2D eigenvalue weighted by Gasteiger charge is -2.31. The molecule has 28 heavy (non-hydrogen) atoms. The molecule has 1 unspecified atom stereocenters. The van der Waals surface area contributed by atoms with Gasteiger partial charge in [-0.05, 0) is 48.1 Å². The maximum atomic E-state index is 11.2. The van der Waals surface area contributed by atoms with Crippen LogP contribution in [0, 0.1) is 5.92 Å². The van der Waals surface area contributed by atoms with E-state index in [1.165, 1.54) is 42.3 Å². The van der Waals surface area contributed by atoms with Gasteiger partial charge in [0.05, 0.1) is 17.0 Å². The van der Waals surface area contributed by atoms with Crippen LogP contribution in [0.25, 0.3) is 5.70 Å². The van der Waals surface area contributed by atoms with Gasteiger partial charge >= 0.3 is 5.97 Å². The van der Waals surface area contributed by atoms with Gasteiger partial charge in [-0.15, -0.1) is 0 Å². The number of nitrogens with zero attached hydrogens (tertiary/aromatic N) is 1. The van der Waals surface area contributed by atoms with Gasteiger partial charge in [0, 0.05) is 5.92 Å². The molecule has 1 aliphatic carbocycles. The number of allylic oxidation sites excluding steroid dienone is 1. The Balaban J connectivity index is 1.72. The predicted octanol–water partition coefficient (Wildman–Crippen LogP) is 3.33. The average Bonchev–Trinajstić information content (AvgIpc) is 2.68. The molecule has 4 rings (SSSR count). The Hall–Kier alpha value is -2.82. The van der Waals surface area contributed by atoms with Crippen molar-refractivity contribution in [3.05, 3.63) is 70.8 Å². The van der Waals surface area contributed by atoms with Crippen molar-refractivity contribution in [2.75, 3.05) is 0 Å². The number of carbonyl (C=O) groups is 1. The zero-order chi connectivity index (χ0) is 19.5. The Kier molecular flexibility index (Phi) is 5.33. The Morgan fingerprint density at radius 2 is 1.64 bits per heavy atom. The molecule has 1 atom stereocenters. The Bertz CT molecular complexity index is 930. The summed E-state index contributed by atoms with van der Waals surface area (Å²) in [6.45, 7) is 0. The van der Waals surface area contributed by atoms with Crippen molar-refractivity contribution in [3.8, 4) is 0 Å². The molecule has 1 aliphatic heterocycles. The fourth-order valence-electron chi connectivity index (χ4n) is 4.25. The van der Waals surface area contributed by atoms with Gasteiger partial charge in [0.2, 0.25) is 0 Å². The highest BCUT2D eigenvalue weighted by Gasteiger charge is 2.29. The molecule has 4 nitrogen and oxygen atoms in total. The fourth-order valence-corrected chi connectivity index (χ4v) is 4.25. The van der Waals surface area contributed by atoms with Crippen molar-refractivity contribution in [2.45, 2.75) is 38.5 Å². The van der Waals surface area contributed by atoms with Crippen LogP contribution in [0.5, 0.6) is 0 Å². The molecule has 0 radical (unpaired) electrons. The van der Waals surface area contributed by atoms with Crippen LogP contribution in [-0.2, 0) is 0 Å². The Labute approximate surface area is 166 Å². The van der Waals surface area contributed by atoms with E-state index >= 15 is 0 Å². The summed E-state index contributed by atoms with van der Waals surface area (Å²) in [5.74, 6) is -0.614. The summed E-state index contributed by atoms with van der Waals surface area (Å²) in [6, 6.07) is 15.7. The summed E-state index contributed by atoms with van der Waals surface area (Å²) in [4.78, 5) is 11.2. The molecule has 142 valence electrons. The van der Waals surface area contributed by atoms with E-state index in [0.717, 1.165) is 29.8 Å². The molecule has 1 heterocycles. The van der Waals surface area contributed by atoms with Crippen molar-refractivity contribution in [1.82, 2.24) is 5.43 Å². The molecule has 2 aromatic rings. The molecule has 1 saturated carbocycles. The number of hydrogen-bond acceptors (Lipinski definition) is 3. The first kappa shape index (κ1) is 18.5. The van der Waals surface area contributed by atoms with Crippen molar-refractivity contribution in [1.29, 1.82) is 0 Å². The van der Waals surface area contributed by atoms with Crippen LogP contribution in [-0.4, -0.2) is 24.6 Å². The highest BCUT2D eigenvalue weighted by molar-refractivity contribution is 6.32. The number of aromatic carboxylic acids is 1. The number of fused-ring (bicyclic) bond motifs is 1. The lowest BCUT2D eigenvalue weighted by Crippen LogP contribution is -2.29. The number of hydrazone groups is 1. The highest BCUT2D eigenvalue weighted by atomic mass is 16.4. The van der Waals surface area contributed by atoms with Crippen molar-refractivity contribution in [3.63, 3.8) is 0 Å². The molecule has 2 aliphatic rings. The van der Waals surface area contributed by atoms with Crippen molar-refractivity contribution >= 4 is 30.7 Å². The van der Waals surface area contributed by atoms with Gasteiger partial charge in [0.15, 0.2) is 0 Å². The number of hydrogen-bond donors (Lipinski definition) is 2. The maximum Gasteiger partial charge on any atom is 0.335 e. The van der Waals surface area contributed by atoms with Gasteiger partial charge in [-0.1, -0.05) is 61.1 Å². The Morgan fingerprint density at radius 1 is 0.964 bits per heavy atom. The third kappa shape index (κ3) is 3.75. The fraction of sp³-hybridized carbons (Fsp3) is 0.304. The third-order valence-electron chi connectivity index (χ3n) is 5.82. The second-order valence-corrected chi connectivity index (χ2v) is 7.76.